The minimum atomic E-state index is -3.75. The fourth-order valence-corrected chi connectivity index (χ4v) is 7.09. The second-order valence-electron chi connectivity index (χ2n) is 7.66. The lowest BCUT2D eigenvalue weighted by Crippen LogP contribution is -2.35. The van der Waals surface area contributed by atoms with Crippen LogP contribution in [-0.2, 0) is 23.0 Å². The fraction of sp³-hybridized carbons (Fsp3) is 0.174. The lowest BCUT2D eigenvalue weighted by Gasteiger charge is -2.24. The Hall–Kier alpha value is -2.61. The van der Waals surface area contributed by atoms with Gasteiger partial charge < -0.3 is 0 Å². The smallest absolute Gasteiger partial charge is 0.294 e. The summed E-state index contributed by atoms with van der Waals surface area (Å²) in [5, 5.41) is 0.592. The molecule has 5 nitrogen and oxygen atoms in total. The number of anilines is 1. The first kappa shape index (κ1) is 20.3. The molecule has 1 aliphatic rings. The Labute approximate surface area is 189 Å². The van der Waals surface area contributed by atoms with E-state index in [0.717, 1.165) is 28.2 Å². The van der Waals surface area contributed by atoms with Crippen LogP contribution in [0.1, 0.15) is 18.1 Å². The van der Waals surface area contributed by atoms with Crippen molar-refractivity contribution in [3.63, 3.8) is 0 Å². The van der Waals surface area contributed by atoms with Crippen LogP contribution >= 0.6 is 22.9 Å². The van der Waals surface area contributed by atoms with Crippen molar-refractivity contribution >= 4 is 48.9 Å². The third-order valence-electron chi connectivity index (χ3n) is 5.63. The van der Waals surface area contributed by atoms with Gasteiger partial charge in [0.2, 0.25) is 0 Å². The zero-order valence-corrected chi connectivity index (χ0v) is 19.0. The van der Waals surface area contributed by atoms with E-state index in [2.05, 4.69) is 0 Å². The Morgan fingerprint density at radius 2 is 1.81 bits per heavy atom. The number of benzene rings is 3. The molecule has 0 bridgehead atoms. The lowest BCUT2D eigenvalue weighted by atomic mass is 10.1. The first-order valence-electron chi connectivity index (χ1n) is 9.85. The molecule has 0 amide bonds. The number of thiazole rings is 1. The molecule has 1 aliphatic heterocycles. The van der Waals surface area contributed by atoms with Gasteiger partial charge in [0, 0.05) is 11.1 Å². The molecule has 158 valence electrons. The molecule has 0 aliphatic carbocycles. The molecule has 0 saturated carbocycles. The number of halogens is 1. The van der Waals surface area contributed by atoms with Crippen molar-refractivity contribution in [1.29, 1.82) is 0 Å². The molecule has 1 aromatic heterocycles. The van der Waals surface area contributed by atoms with Gasteiger partial charge in [-0.3, -0.25) is 13.7 Å². The van der Waals surface area contributed by atoms with Crippen molar-refractivity contribution in [3.8, 4) is 0 Å². The first-order chi connectivity index (χ1) is 14.9. The predicted molar refractivity (Wildman–Crippen MR) is 126 cm³/mol. The van der Waals surface area contributed by atoms with Crippen molar-refractivity contribution in [3.05, 3.63) is 92.5 Å². The van der Waals surface area contributed by atoms with Crippen molar-refractivity contribution in [2.24, 2.45) is 0 Å². The van der Waals surface area contributed by atoms with Crippen LogP contribution in [0.2, 0.25) is 5.02 Å². The molecule has 0 fully saturated rings. The van der Waals surface area contributed by atoms with E-state index < -0.39 is 10.0 Å². The highest BCUT2D eigenvalue weighted by molar-refractivity contribution is 7.93. The van der Waals surface area contributed by atoms with E-state index >= 15 is 0 Å². The van der Waals surface area contributed by atoms with Crippen LogP contribution < -0.4 is 9.18 Å². The highest BCUT2D eigenvalue weighted by Gasteiger charge is 2.36. The largest absolute Gasteiger partial charge is 0.308 e. The summed E-state index contributed by atoms with van der Waals surface area (Å²) < 4.78 is 30.8. The van der Waals surface area contributed by atoms with Crippen molar-refractivity contribution < 1.29 is 8.42 Å². The number of aromatic nitrogens is 1. The molecule has 0 N–H and O–H groups in total. The van der Waals surface area contributed by atoms with E-state index in [9.17, 15) is 13.2 Å². The van der Waals surface area contributed by atoms with Gasteiger partial charge in [0.05, 0.1) is 27.3 Å². The number of rotatable bonds is 4. The van der Waals surface area contributed by atoms with Crippen LogP contribution in [0.15, 0.2) is 76.4 Å². The average Bonchev–Trinajstić information content (AvgIpc) is 3.25. The maximum absolute atomic E-state index is 13.5. The minimum Gasteiger partial charge on any atom is -0.294 e. The van der Waals surface area contributed by atoms with Gasteiger partial charge in [0.15, 0.2) is 0 Å². The second kappa shape index (κ2) is 7.51. The maximum atomic E-state index is 13.5. The third kappa shape index (κ3) is 3.37. The van der Waals surface area contributed by atoms with Crippen LogP contribution in [0.25, 0.3) is 10.2 Å². The zero-order chi connectivity index (χ0) is 21.8. The van der Waals surface area contributed by atoms with Crippen LogP contribution in [0.4, 0.5) is 5.69 Å². The molecule has 0 spiro atoms. The van der Waals surface area contributed by atoms with Gasteiger partial charge in [0.1, 0.15) is 0 Å². The minimum absolute atomic E-state index is 0.149. The average molecular weight is 471 g/mol. The van der Waals surface area contributed by atoms with Gasteiger partial charge in [0.25, 0.3) is 10.0 Å². The molecule has 0 radical (unpaired) electrons. The van der Waals surface area contributed by atoms with Gasteiger partial charge >= 0.3 is 4.87 Å². The summed E-state index contributed by atoms with van der Waals surface area (Å²) in [4.78, 5) is 12.7. The predicted octanol–water partition coefficient (Wildman–Crippen LogP) is 4.90. The number of hydrogen-bond acceptors (Lipinski definition) is 4. The van der Waals surface area contributed by atoms with Gasteiger partial charge in [-0.2, -0.15) is 0 Å². The molecule has 0 saturated heterocycles. The van der Waals surface area contributed by atoms with Gasteiger partial charge in [-0.15, -0.1) is 0 Å². The summed E-state index contributed by atoms with van der Waals surface area (Å²) in [6.07, 6.45) is 0.680. The number of para-hydroxylation sites is 1. The van der Waals surface area contributed by atoms with Crippen LogP contribution in [0.5, 0.6) is 0 Å². The van der Waals surface area contributed by atoms with Crippen LogP contribution in [0, 0.1) is 0 Å². The Kier molecular flexibility index (Phi) is 4.92. The van der Waals surface area contributed by atoms with Crippen LogP contribution in [0.3, 0.4) is 0 Å². The standard InChI is InChI=1S/C23H19ClN2O3S2/c1-15-12-16-6-3-5-9-20(16)26(15)31(28,29)18-10-11-21-22(13-18)30-23(27)25(21)14-17-7-2-4-8-19(17)24/h2-11,13,15H,12,14H2,1H3/t15-/m0/s1. The molecular formula is C23H19ClN2O3S2. The number of fused-ring (bicyclic) bond motifs is 2. The summed E-state index contributed by atoms with van der Waals surface area (Å²) in [7, 11) is -3.75. The van der Waals surface area contributed by atoms with E-state index in [1.54, 1.807) is 28.8 Å². The summed E-state index contributed by atoms with van der Waals surface area (Å²) in [6, 6.07) is 19.7. The molecule has 3 aromatic carbocycles. The fourth-order valence-electron chi connectivity index (χ4n) is 4.17. The van der Waals surface area contributed by atoms with Crippen LogP contribution in [-0.4, -0.2) is 19.0 Å². The topological polar surface area (TPSA) is 59.4 Å². The van der Waals surface area contributed by atoms with Gasteiger partial charge in [-0.05, 0) is 54.8 Å². The van der Waals surface area contributed by atoms with Crippen molar-refractivity contribution in [2.75, 3.05) is 4.31 Å². The molecule has 31 heavy (non-hydrogen) atoms. The maximum Gasteiger partial charge on any atom is 0.308 e. The molecular weight excluding hydrogens is 452 g/mol. The first-order valence-corrected chi connectivity index (χ1v) is 12.5. The van der Waals surface area contributed by atoms with E-state index in [0.29, 0.717) is 28.2 Å². The summed E-state index contributed by atoms with van der Waals surface area (Å²) >= 11 is 7.30. The summed E-state index contributed by atoms with van der Waals surface area (Å²) in [6.45, 7) is 2.25. The van der Waals surface area contributed by atoms with E-state index in [1.165, 1.54) is 4.31 Å². The van der Waals surface area contributed by atoms with Crippen molar-refractivity contribution in [1.82, 2.24) is 4.57 Å². The molecule has 8 heteroatoms. The molecule has 1 atom stereocenters. The summed E-state index contributed by atoms with van der Waals surface area (Å²) in [5.74, 6) is 0. The number of sulfonamides is 1. The van der Waals surface area contributed by atoms with Gasteiger partial charge in [-0.25, -0.2) is 8.42 Å². The van der Waals surface area contributed by atoms with E-state index in [4.69, 9.17) is 11.6 Å². The lowest BCUT2D eigenvalue weighted by molar-refractivity contribution is 0.584. The molecule has 4 aromatic rings. The zero-order valence-electron chi connectivity index (χ0n) is 16.7. The molecule has 0 unspecified atom stereocenters. The van der Waals surface area contributed by atoms with E-state index in [-0.39, 0.29) is 15.8 Å². The summed E-state index contributed by atoms with van der Waals surface area (Å²) in [5.41, 5.74) is 3.28. The highest BCUT2D eigenvalue weighted by atomic mass is 35.5. The Bertz CT molecular complexity index is 1470. The normalized spacial score (nSPS) is 16.1. The monoisotopic (exact) mass is 470 g/mol. The molecule has 5 rings (SSSR count). The highest BCUT2D eigenvalue weighted by Crippen LogP contribution is 2.37. The number of hydrogen-bond donors (Lipinski definition) is 0. The Morgan fingerprint density at radius 3 is 2.61 bits per heavy atom. The third-order valence-corrected chi connectivity index (χ3v) is 8.86. The van der Waals surface area contributed by atoms with Gasteiger partial charge in [-0.1, -0.05) is 59.3 Å². The van der Waals surface area contributed by atoms with Crippen molar-refractivity contribution in [2.45, 2.75) is 30.8 Å². The number of nitrogens with zero attached hydrogens (tertiary/aromatic N) is 2. The van der Waals surface area contributed by atoms with E-state index in [1.807, 2.05) is 49.4 Å². The Balaban J connectivity index is 1.57. The quantitative estimate of drug-likeness (QED) is 0.426. The Morgan fingerprint density at radius 1 is 1.06 bits per heavy atom. The second-order valence-corrected chi connectivity index (χ2v) is 10.9. The SMILES string of the molecule is C[C@H]1Cc2ccccc2N1S(=O)(=O)c1ccc2c(c1)sc(=O)n2Cc1ccccc1Cl. The molecule has 2 heterocycles.